The van der Waals surface area contributed by atoms with Crippen molar-refractivity contribution >= 4 is 17.8 Å². The topological polar surface area (TPSA) is 107 Å². The minimum atomic E-state index is -0.472. The third kappa shape index (κ3) is 4.00. The lowest BCUT2D eigenvalue weighted by atomic mass is 10.1. The van der Waals surface area contributed by atoms with Gasteiger partial charge in [0, 0.05) is 24.8 Å². The average Bonchev–Trinajstić information content (AvgIpc) is 2.96. The number of ether oxygens (including phenoxy) is 1. The lowest BCUT2D eigenvalue weighted by molar-refractivity contribution is -0.384. The van der Waals surface area contributed by atoms with Crippen LogP contribution in [0.25, 0.3) is 11.3 Å². The molecular weight excluding hydrogens is 290 g/mol. The molecule has 0 bridgehead atoms. The van der Waals surface area contributed by atoms with E-state index in [1.54, 1.807) is 24.3 Å². The van der Waals surface area contributed by atoms with Crippen LogP contribution in [0.15, 0.2) is 45.9 Å². The molecule has 114 valence electrons. The molecule has 1 aromatic heterocycles. The van der Waals surface area contributed by atoms with Gasteiger partial charge < -0.3 is 9.15 Å². The molecule has 0 spiro atoms. The van der Waals surface area contributed by atoms with Crippen LogP contribution in [0.2, 0.25) is 0 Å². The zero-order valence-electron chi connectivity index (χ0n) is 11.7. The number of hydrogen-bond acceptors (Lipinski definition) is 6. The number of nitro benzene ring substituents is 1. The molecule has 8 heteroatoms. The first-order valence-electron chi connectivity index (χ1n) is 6.25. The summed E-state index contributed by atoms with van der Waals surface area (Å²) in [6, 6.07) is 9.40. The SMILES string of the molecule is COCC(=O)N/N=C\c1ccc(-c2cccc([N+](=O)[O-])c2)o1. The molecule has 0 unspecified atom stereocenters. The van der Waals surface area contributed by atoms with Crippen molar-refractivity contribution in [2.75, 3.05) is 13.7 Å². The highest BCUT2D eigenvalue weighted by Crippen LogP contribution is 2.25. The highest BCUT2D eigenvalue weighted by atomic mass is 16.6. The third-order valence-electron chi connectivity index (χ3n) is 2.62. The summed E-state index contributed by atoms with van der Waals surface area (Å²) in [7, 11) is 1.40. The van der Waals surface area contributed by atoms with Gasteiger partial charge in [0.1, 0.15) is 18.1 Å². The summed E-state index contributed by atoms with van der Waals surface area (Å²) in [5, 5.41) is 14.5. The monoisotopic (exact) mass is 303 g/mol. The molecule has 8 nitrogen and oxygen atoms in total. The van der Waals surface area contributed by atoms with E-state index >= 15 is 0 Å². The fourth-order valence-electron chi connectivity index (χ4n) is 1.68. The zero-order chi connectivity index (χ0) is 15.9. The number of rotatable bonds is 6. The van der Waals surface area contributed by atoms with E-state index in [1.807, 2.05) is 0 Å². The summed E-state index contributed by atoms with van der Waals surface area (Å²) in [5.74, 6) is 0.483. The Morgan fingerprint density at radius 3 is 3.00 bits per heavy atom. The van der Waals surface area contributed by atoms with Crippen LogP contribution < -0.4 is 5.43 Å². The smallest absolute Gasteiger partial charge is 0.270 e. The molecule has 0 aliphatic carbocycles. The highest BCUT2D eigenvalue weighted by Gasteiger charge is 2.09. The Bertz CT molecular complexity index is 708. The molecular formula is C14H13N3O5. The van der Waals surface area contributed by atoms with Crippen molar-refractivity contribution < 1.29 is 18.9 Å². The molecule has 1 aromatic carbocycles. The minimum Gasteiger partial charge on any atom is -0.455 e. The summed E-state index contributed by atoms with van der Waals surface area (Å²) in [6.07, 6.45) is 1.33. The number of nitrogens with zero attached hydrogens (tertiary/aromatic N) is 2. The molecule has 0 saturated carbocycles. The number of hydrogen-bond donors (Lipinski definition) is 1. The molecule has 1 amide bonds. The standard InChI is InChI=1S/C14H13N3O5/c1-21-9-14(18)16-15-8-12-5-6-13(22-12)10-3-2-4-11(7-10)17(19)20/h2-8H,9H2,1H3,(H,16,18)/b15-8-. The van der Waals surface area contributed by atoms with Gasteiger partial charge in [0.2, 0.25) is 0 Å². The van der Waals surface area contributed by atoms with Gasteiger partial charge in [-0.1, -0.05) is 12.1 Å². The second-order valence-electron chi connectivity index (χ2n) is 4.24. The molecule has 0 fully saturated rings. The molecule has 0 atom stereocenters. The number of benzene rings is 1. The fraction of sp³-hybridized carbons (Fsp3) is 0.143. The van der Waals surface area contributed by atoms with Crippen molar-refractivity contribution in [3.05, 3.63) is 52.3 Å². The first-order valence-corrected chi connectivity index (χ1v) is 6.25. The highest BCUT2D eigenvalue weighted by molar-refractivity contribution is 5.81. The third-order valence-corrected chi connectivity index (χ3v) is 2.62. The Hall–Kier alpha value is -3.00. The number of methoxy groups -OCH3 is 1. The van der Waals surface area contributed by atoms with E-state index in [9.17, 15) is 14.9 Å². The maximum atomic E-state index is 11.1. The average molecular weight is 303 g/mol. The molecule has 22 heavy (non-hydrogen) atoms. The van der Waals surface area contributed by atoms with Crippen molar-refractivity contribution in [2.45, 2.75) is 0 Å². The lowest BCUT2D eigenvalue weighted by Crippen LogP contribution is -2.22. The van der Waals surface area contributed by atoms with E-state index in [1.165, 1.54) is 25.5 Å². The van der Waals surface area contributed by atoms with E-state index in [4.69, 9.17) is 4.42 Å². The van der Waals surface area contributed by atoms with Crippen molar-refractivity contribution in [1.29, 1.82) is 0 Å². The van der Waals surface area contributed by atoms with Gasteiger partial charge >= 0.3 is 0 Å². The van der Waals surface area contributed by atoms with Crippen LogP contribution in [0, 0.1) is 10.1 Å². The number of furan rings is 1. The Kier molecular flexibility index (Phi) is 4.99. The van der Waals surface area contributed by atoms with Crippen LogP contribution in [0.5, 0.6) is 0 Å². The van der Waals surface area contributed by atoms with Gasteiger partial charge in [-0.2, -0.15) is 5.10 Å². The van der Waals surface area contributed by atoms with Crippen molar-refractivity contribution in [2.24, 2.45) is 5.10 Å². The van der Waals surface area contributed by atoms with Crippen molar-refractivity contribution in [1.82, 2.24) is 5.43 Å². The maximum absolute atomic E-state index is 11.1. The number of carbonyl (C=O) groups is 1. The Balaban J connectivity index is 2.08. The summed E-state index contributed by atoms with van der Waals surface area (Å²) in [4.78, 5) is 21.4. The number of non-ortho nitro benzene ring substituents is 1. The molecule has 0 saturated heterocycles. The summed E-state index contributed by atoms with van der Waals surface area (Å²) >= 11 is 0. The van der Waals surface area contributed by atoms with Crippen LogP contribution >= 0.6 is 0 Å². The van der Waals surface area contributed by atoms with Gasteiger partial charge in [-0.05, 0) is 12.1 Å². The largest absolute Gasteiger partial charge is 0.455 e. The van der Waals surface area contributed by atoms with Crippen molar-refractivity contribution in [3.8, 4) is 11.3 Å². The summed E-state index contributed by atoms with van der Waals surface area (Å²) in [5.41, 5.74) is 2.82. The molecule has 0 aliphatic rings. The number of hydrazone groups is 1. The molecule has 2 rings (SSSR count). The predicted molar refractivity (Wildman–Crippen MR) is 78.4 cm³/mol. The van der Waals surface area contributed by atoms with Gasteiger partial charge in [-0.3, -0.25) is 14.9 Å². The first-order chi connectivity index (χ1) is 10.6. The number of nitrogens with one attached hydrogen (secondary N) is 1. The number of amides is 1. The van der Waals surface area contributed by atoms with E-state index in [2.05, 4.69) is 15.3 Å². The second-order valence-corrected chi connectivity index (χ2v) is 4.24. The van der Waals surface area contributed by atoms with E-state index in [0.29, 0.717) is 17.1 Å². The summed E-state index contributed by atoms with van der Waals surface area (Å²) < 4.78 is 10.1. The molecule has 1 N–H and O–H groups in total. The van der Waals surface area contributed by atoms with Crippen molar-refractivity contribution in [3.63, 3.8) is 0 Å². The maximum Gasteiger partial charge on any atom is 0.270 e. The van der Waals surface area contributed by atoms with Gasteiger partial charge in [0.15, 0.2) is 0 Å². The molecule has 0 aliphatic heterocycles. The lowest BCUT2D eigenvalue weighted by Gasteiger charge is -1.97. The summed E-state index contributed by atoms with van der Waals surface area (Å²) in [6.45, 7) is -0.0889. The van der Waals surface area contributed by atoms with Crippen LogP contribution in [-0.2, 0) is 9.53 Å². The Morgan fingerprint density at radius 1 is 1.45 bits per heavy atom. The van der Waals surface area contributed by atoms with E-state index in [0.717, 1.165) is 0 Å². The first kappa shape index (κ1) is 15.4. The normalized spacial score (nSPS) is 10.8. The Labute approximate surface area is 125 Å². The zero-order valence-corrected chi connectivity index (χ0v) is 11.7. The van der Waals surface area contributed by atoms with Gasteiger partial charge in [0.05, 0.1) is 11.1 Å². The molecule has 0 radical (unpaired) electrons. The number of nitro groups is 1. The van der Waals surface area contributed by atoms with Crippen LogP contribution in [-0.4, -0.2) is 30.8 Å². The second kappa shape index (κ2) is 7.14. The Morgan fingerprint density at radius 2 is 2.27 bits per heavy atom. The fourth-order valence-corrected chi connectivity index (χ4v) is 1.68. The van der Waals surface area contributed by atoms with E-state index < -0.39 is 4.92 Å². The van der Waals surface area contributed by atoms with Crippen LogP contribution in [0.4, 0.5) is 5.69 Å². The minimum absolute atomic E-state index is 0.0176. The van der Waals surface area contributed by atoms with Crippen LogP contribution in [0.3, 0.4) is 0 Å². The van der Waals surface area contributed by atoms with Gasteiger partial charge in [-0.25, -0.2) is 5.43 Å². The van der Waals surface area contributed by atoms with Crippen LogP contribution in [0.1, 0.15) is 5.76 Å². The van der Waals surface area contributed by atoms with Gasteiger partial charge in [0.25, 0.3) is 11.6 Å². The van der Waals surface area contributed by atoms with E-state index in [-0.39, 0.29) is 18.2 Å². The van der Waals surface area contributed by atoms with Gasteiger partial charge in [-0.15, -0.1) is 0 Å². The quantitative estimate of drug-likeness (QED) is 0.498. The molecule has 1 heterocycles. The number of carbonyl (C=O) groups excluding carboxylic acids is 1. The predicted octanol–water partition coefficient (Wildman–Crippen LogP) is 1.95. The molecule has 2 aromatic rings.